The lowest BCUT2D eigenvalue weighted by atomic mass is 10.1. The summed E-state index contributed by atoms with van der Waals surface area (Å²) >= 11 is 0. The molecule has 1 heterocycles. The minimum atomic E-state index is 0.309. The second-order valence-corrected chi connectivity index (χ2v) is 3.74. The van der Waals surface area contributed by atoms with Crippen LogP contribution >= 0.6 is 0 Å². The van der Waals surface area contributed by atoms with Gasteiger partial charge in [-0.2, -0.15) is 0 Å². The topological polar surface area (TPSA) is 21.8 Å². The molecule has 1 aliphatic rings. The average molecular weight is 230 g/mol. The Morgan fingerprint density at radius 2 is 1.82 bits per heavy atom. The number of fused-ring (bicyclic) bond motifs is 1. The maximum atomic E-state index is 5.72. The van der Waals surface area contributed by atoms with E-state index >= 15 is 0 Å². The molecule has 1 atom stereocenters. The average Bonchev–Trinajstić information content (AvgIpc) is 3.23. The third-order valence-corrected chi connectivity index (χ3v) is 2.58. The van der Waals surface area contributed by atoms with Crippen molar-refractivity contribution in [1.29, 1.82) is 0 Å². The highest BCUT2D eigenvalue weighted by Gasteiger charge is 2.23. The van der Waals surface area contributed by atoms with Crippen LogP contribution in [0, 0.1) is 0 Å². The van der Waals surface area contributed by atoms with Gasteiger partial charge in [0.15, 0.2) is 0 Å². The van der Waals surface area contributed by atoms with E-state index in [0.29, 0.717) is 12.7 Å². The Balaban J connectivity index is 0.000000514. The largest absolute Gasteiger partial charge is 0.490 e. The van der Waals surface area contributed by atoms with Gasteiger partial charge in [-0.25, -0.2) is 0 Å². The Hall–Kier alpha value is -1.54. The molecule has 0 aromatic heterocycles. The quantitative estimate of drug-likeness (QED) is 0.751. The summed E-state index contributed by atoms with van der Waals surface area (Å²) in [7, 11) is 0. The number of ether oxygens (including phenoxy) is 2. The molecule has 1 fully saturated rings. The molecule has 1 unspecified atom stereocenters. The molecular weight excluding hydrogens is 212 g/mol. The van der Waals surface area contributed by atoms with E-state index in [4.69, 9.17) is 9.47 Å². The van der Waals surface area contributed by atoms with Crippen LogP contribution in [0.15, 0.2) is 42.5 Å². The zero-order valence-electron chi connectivity index (χ0n) is 10.3. The van der Waals surface area contributed by atoms with Crippen molar-refractivity contribution in [3.8, 4) is 5.75 Å². The van der Waals surface area contributed by atoms with Crippen molar-refractivity contribution in [2.45, 2.75) is 20.0 Å². The lowest BCUT2D eigenvalue weighted by Crippen LogP contribution is -2.04. The molecule has 0 bridgehead atoms. The Morgan fingerprint density at radius 1 is 1.12 bits per heavy atom. The maximum Gasteiger partial charge on any atom is 0.127 e. The highest BCUT2D eigenvalue weighted by molar-refractivity contribution is 5.88. The third-order valence-electron chi connectivity index (χ3n) is 2.58. The van der Waals surface area contributed by atoms with Gasteiger partial charge in [0.25, 0.3) is 0 Å². The molecule has 0 aliphatic carbocycles. The van der Waals surface area contributed by atoms with E-state index in [1.807, 2.05) is 38.1 Å². The van der Waals surface area contributed by atoms with Crippen LogP contribution in [0.3, 0.4) is 0 Å². The summed E-state index contributed by atoms with van der Waals surface area (Å²) in [6.07, 6.45) is 0.309. The van der Waals surface area contributed by atoms with Gasteiger partial charge in [-0.3, -0.25) is 0 Å². The summed E-state index contributed by atoms with van der Waals surface area (Å²) in [5.41, 5.74) is 0. The second-order valence-electron chi connectivity index (χ2n) is 3.74. The summed E-state index contributed by atoms with van der Waals surface area (Å²) in [5.74, 6) is 0.948. The normalized spacial score (nSPS) is 17.2. The van der Waals surface area contributed by atoms with E-state index in [2.05, 4.69) is 18.2 Å². The first-order valence-corrected chi connectivity index (χ1v) is 6.16. The fourth-order valence-corrected chi connectivity index (χ4v) is 1.67. The first-order chi connectivity index (χ1) is 8.43. The van der Waals surface area contributed by atoms with Gasteiger partial charge in [-0.1, -0.05) is 50.2 Å². The summed E-state index contributed by atoms with van der Waals surface area (Å²) in [4.78, 5) is 0. The monoisotopic (exact) mass is 230 g/mol. The standard InChI is InChI=1S/C13H12O2.C2H6/c1-2-6-12-10(4-1)5-3-7-13(12)15-9-11-8-14-11;1-2/h1-7,11H,8-9H2;1-2H3. The van der Waals surface area contributed by atoms with E-state index in [1.165, 1.54) is 10.8 Å². The Kier molecular flexibility index (Phi) is 3.99. The minimum absolute atomic E-state index is 0.309. The van der Waals surface area contributed by atoms with Gasteiger partial charge in [0, 0.05) is 5.39 Å². The Labute approximate surface area is 102 Å². The second kappa shape index (κ2) is 5.69. The van der Waals surface area contributed by atoms with Gasteiger partial charge >= 0.3 is 0 Å². The summed E-state index contributed by atoms with van der Waals surface area (Å²) < 4.78 is 10.8. The molecule has 0 saturated carbocycles. The van der Waals surface area contributed by atoms with Gasteiger partial charge in [0.1, 0.15) is 18.5 Å². The van der Waals surface area contributed by atoms with Crippen molar-refractivity contribution < 1.29 is 9.47 Å². The van der Waals surface area contributed by atoms with Gasteiger partial charge in [0.2, 0.25) is 0 Å². The number of epoxide rings is 1. The SMILES string of the molecule is CC.c1ccc2c(OCC3CO3)cccc2c1. The van der Waals surface area contributed by atoms with Crippen molar-refractivity contribution in [3.63, 3.8) is 0 Å². The Morgan fingerprint density at radius 3 is 2.59 bits per heavy atom. The van der Waals surface area contributed by atoms with Crippen LogP contribution in [-0.4, -0.2) is 19.3 Å². The highest BCUT2D eigenvalue weighted by Crippen LogP contribution is 2.25. The molecule has 90 valence electrons. The predicted molar refractivity (Wildman–Crippen MR) is 70.5 cm³/mol. The molecule has 0 radical (unpaired) electrons. The zero-order chi connectivity index (χ0) is 12.1. The summed E-state index contributed by atoms with van der Waals surface area (Å²) in [5, 5.41) is 2.38. The van der Waals surface area contributed by atoms with Gasteiger partial charge in [-0.15, -0.1) is 0 Å². The fraction of sp³-hybridized carbons (Fsp3) is 0.333. The van der Waals surface area contributed by atoms with Crippen LogP contribution < -0.4 is 4.74 Å². The molecule has 0 N–H and O–H groups in total. The highest BCUT2D eigenvalue weighted by atomic mass is 16.6. The molecule has 0 amide bonds. The molecule has 3 rings (SSSR count). The molecule has 2 aromatic rings. The number of benzene rings is 2. The van der Waals surface area contributed by atoms with Crippen molar-refractivity contribution in [1.82, 2.24) is 0 Å². The van der Waals surface area contributed by atoms with Crippen LogP contribution in [0.4, 0.5) is 0 Å². The maximum absolute atomic E-state index is 5.72. The molecular formula is C15H18O2. The van der Waals surface area contributed by atoms with E-state index in [1.54, 1.807) is 0 Å². The van der Waals surface area contributed by atoms with E-state index in [-0.39, 0.29) is 0 Å². The van der Waals surface area contributed by atoms with Crippen LogP contribution in [0.1, 0.15) is 13.8 Å². The summed E-state index contributed by atoms with van der Waals surface area (Å²) in [6.45, 7) is 5.50. The predicted octanol–water partition coefficient (Wildman–Crippen LogP) is 3.64. The van der Waals surface area contributed by atoms with E-state index in [0.717, 1.165) is 12.4 Å². The van der Waals surface area contributed by atoms with Crippen LogP contribution in [0.2, 0.25) is 0 Å². The smallest absolute Gasteiger partial charge is 0.127 e. The molecule has 2 nitrogen and oxygen atoms in total. The Bertz CT molecular complexity index is 470. The van der Waals surface area contributed by atoms with E-state index in [9.17, 15) is 0 Å². The van der Waals surface area contributed by atoms with Gasteiger partial charge in [0.05, 0.1) is 6.61 Å². The minimum Gasteiger partial charge on any atom is -0.490 e. The van der Waals surface area contributed by atoms with Crippen molar-refractivity contribution in [2.75, 3.05) is 13.2 Å². The number of rotatable bonds is 3. The molecule has 2 heteroatoms. The first kappa shape index (κ1) is 11.9. The van der Waals surface area contributed by atoms with Crippen LogP contribution in [0.25, 0.3) is 10.8 Å². The van der Waals surface area contributed by atoms with Gasteiger partial charge < -0.3 is 9.47 Å². The van der Waals surface area contributed by atoms with Crippen molar-refractivity contribution in [2.24, 2.45) is 0 Å². The van der Waals surface area contributed by atoms with E-state index < -0.39 is 0 Å². The molecule has 1 saturated heterocycles. The molecule has 1 aliphatic heterocycles. The number of hydrogen-bond acceptors (Lipinski definition) is 2. The third kappa shape index (κ3) is 2.98. The molecule has 0 spiro atoms. The van der Waals surface area contributed by atoms with Crippen molar-refractivity contribution in [3.05, 3.63) is 42.5 Å². The zero-order valence-corrected chi connectivity index (χ0v) is 10.3. The number of hydrogen-bond donors (Lipinski definition) is 0. The molecule has 2 aromatic carbocycles. The first-order valence-electron chi connectivity index (χ1n) is 6.16. The molecule has 17 heavy (non-hydrogen) atoms. The fourth-order valence-electron chi connectivity index (χ4n) is 1.67. The lowest BCUT2D eigenvalue weighted by molar-refractivity contribution is 0.265. The lowest BCUT2D eigenvalue weighted by Gasteiger charge is -2.07. The van der Waals surface area contributed by atoms with Crippen LogP contribution in [-0.2, 0) is 4.74 Å². The summed E-state index contributed by atoms with van der Waals surface area (Å²) in [6, 6.07) is 14.4. The van der Waals surface area contributed by atoms with Crippen molar-refractivity contribution >= 4 is 10.8 Å². The van der Waals surface area contributed by atoms with Crippen LogP contribution in [0.5, 0.6) is 5.75 Å². The van der Waals surface area contributed by atoms with Gasteiger partial charge in [-0.05, 0) is 11.5 Å².